The molecule has 0 aromatic rings. The number of nitrogens with zero attached hydrogens (tertiary/aromatic N) is 1. The second-order valence-corrected chi connectivity index (χ2v) is 4.41. The zero-order valence-corrected chi connectivity index (χ0v) is 8.77. The van der Waals surface area contributed by atoms with Crippen molar-refractivity contribution < 1.29 is 4.39 Å². The average Bonchev–Trinajstić information content (AvgIpc) is 2.26. The van der Waals surface area contributed by atoms with Gasteiger partial charge in [-0.3, -0.25) is 0 Å². The van der Waals surface area contributed by atoms with Crippen LogP contribution < -0.4 is 5.32 Å². The maximum atomic E-state index is 13.2. The number of rotatable bonds is 3. The monoisotopic (exact) mass is 188 g/mol. The second-order valence-electron chi connectivity index (χ2n) is 4.41. The van der Waals surface area contributed by atoms with Crippen LogP contribution in [0.2, 0.25) is 0 Å². The van der Waals surface area contributed by atoms with Crippen molar-refractivity contribution in [1.82, 2.24) is 10.2 Å². The van der Waals surface area contributed by atoms with Crippen LogP contribution in [-0.4, -0.2) is 43.3 Å². The van der Waals surface area contributed by atoms with Crippen molar-refractivity contribution in [3.05, 3.63) is 0 Å². The van der Waals surface area contributed by atoms with Crippen molar-refractivity contribution in [2.24, 2.45) is 0 Å². The fourth-order valence-corrected chi connectivity index (χ4v) is 1.55. The molecule has 1 saturated heterocycles. The van der Waals surface area contributed by atoms with E-state index < -0.39 is 5.67 Å². The first-order valence-electron chi connectivity index (χ1n) is 5.20. The molecule has 0 saturated carbocycles. The van der Waals surface area contributed by atoms with Gasteiger partial charge in [-0.2, -0.15) is 0 Å². The van der Waals surface area contributed by atoms with Crippen LogP contribution in [0.5, 0.6) is 0 Å². The van der Waals surface area contributed by atoms with Gasteiger partial charge < -0.3 is 10.2 Å². The summed E-state index contributed by atoms with van der Waals surface area (Å²) >= 11 is 0. The van der Waals surface area contributed by atoms with Crippen molar-refractivity contribution in [2.45, 2.75) is 32.4 Å². The predicted molar refractivity (Wildman–Crippen MR) is 53.7 cm³/mol. The minimum atomic E-state index is -1.01. The molecule has 0 unspecified atom stereocenters. The Morgan fingerprint density at radius 1 is 1.31 bits per heavy atom. The molecule has 0 atom stereocenters. The Hall–Kier alpha value is -0.150. The first kappa shape index (κ1) is 10.9. The fraction of sp³-hybridized carbons (Fsp3) is 1.00. The van der Waals surface area contributed by atoms with E-state index in [1.54, 1.807) is 13.8 Å². The normalized spacial score (nSPS) is 21.5. The Labute approximate surface area is 80.5 Å². The van der Waals surface area contributed by atoms with Crippen LogP contribution >= 0.6 is 0 Å². The number of hydrogen-bond donors (Lipinski definition) is 1. The molecular weight excluding hydrogens is 167 g/mol. The summed E-state index contributed by atoms with van der Waals surface area (Å²) < 4.78 is 13.2. The predicted octanol–water partition coefficient (Wildman–Crippen LogP) is 1.42. The van der Waals surface area contributed by atoms with Gasteiger partial charge in [0.05, 0.1) is 0 Å². The Bertz CT molecular complexity index is 134. The van der Waals surface area contributed by atoms with Crippen molar-refractivity contribution in [3.63, 3.8) is 0 Å². The largest absolute Gasteiger partial charge is 0.315 e. The van der Waals surface area contributed by atoms with Gasteiger partial charge >= 0.3 is 0 Å². The van der Waals surface area contributed by atoms with E-state index in [1.165, 1.54) is 6.42 Å². The van der Waals surface area contributed by atoms with E-state index in [4.69, 9.17) is 0 Å². The molecule has 1 heterocycles. The Kier molecular flexibility index (Phi) is 4.13. The van der Waals surface area contributed by atoms with Crippen molar-refractivity contribution in [2.75, 3.05) is 32.7 Å². The Morgan fingerprint density at radius 2 is 2.08 bits per heavy atom. The minimum absolute atomic E-state index is 0.646. The van der Waals surface area contributed by atoms with Gasteiger partial charge in [0.2, 0.25) is 0 Å². The molecule has 13 heavy (non-hydrogen) atoms. The molecule has 0 amide bonds. The molecule has 1 rings (SSSR count). The topological polar surface area (TPSA) is 15.3 Å². The molecule has 0 aromatic heterocycles. The highest BCUT2D eigenvalue weighted by Crippen LogP contribution is 2.14. The van der Waals surface area contributed by atoms with Gasteiger partial charge in [-0.1, -0.05) is 0 Å². The first-order chi connectivity index (χ1) is 6.08. The van der Waals surface area contributed by atoms with Crippen molar-refractivity contribution in [1.29, 1.82) is 0 Å². The third kappa shape index (κ3) is 5.21. The molecule has 78 valence electrons. The zero-order valence-electron chi connectivity index (χ0n) is 8.77. The van der Waals surface area contributed by atoms with Crippen molar-refractivity contribution in [3.8, 4) is 0 Å². The summed E-state index contributed by atoms with van der Waals surface area (Å²) in [5, 5.41) is 3.34. The maximum absolute atomic E-state index is 13.2. The van der Waals surface area contributed by atoms with Crippen LogP contribution in [-0.2, 0) is 0 Å². The quantitative estimate of drug-likeness (QED) is 0.720. The number of hydrogen-bond acceptors (Lipinski definition) is 2. The zero-order chi connectivity index (χ0) is 9.73. The smallest absolute Gasteiger partial charge is 0.106 e. The number of alkyl halides is 1. The standard InChI is InChI=1S/C10H21FN2/c1-10(2,11)4-8-13-7-3-5-12-6-9-13/h12H,3-9H2,1-2H3. The molecule has 1 aliphatic heterocycles. The first-order valence-corrected chi connectivity index (χ1v) is 5.20. The third-order valence-electron chi connectivity index (χ3n) is 2.46. The molecule has 0 aliphatic carbocycles. The van der Waals surface area contributed by atoms with E-state index in [2.05, 4.69) is 10.2 Å². The SMILES string of the molecule is CC(C)(F)CCN1CCCNCC1. The minimum Gasteiger partial charge on any atom is -0.315 e. The van der Waals surface area contributed by atoms with Crippen LogP contribution in [0, 0.1) is 0 Å². The number of nitrogens with one attached hydrogen (secondary N) is 1. The van der Waals surface area contributed by atoms with E-state index in [0.29, 0.717) is 6.42 Å². The third-order valence-corrected chi connectivity index (χ3v) is 2.46. The van der Waals surface area contributed by atoms with E-state index in [0.717, 1.165) is 32.7 Å². The molecule has 3 heteroatoms. The molecule has 1 fully saturated rings. The highest BCUT2D eigenvalue weighted by molar-refractivity contribution is 4.71. The highest BCUT2D eigenvalue weighted by atomic mass is 19.1. The van der Waals surface area contributed by atoms with Gasteiger partial charge in [-0.25, -0.2) is 4.39 Å². The molecule has 0 radical (unpaired) electrons. The molecule has 0 bridgehead atoms. The van der Waals surface area contributed by atoms with Crippen LogP contribution in [0.25, 0.3) is 0 Å². The van der Waals surface area contributed by atoms with Gasteiger partial charge in [-0.15, -0.1) is 0 Å². The van der Waals surface area contributed by atoms with Gasteiger partial charge in [0.15, 0.2) is 0 Å². The fourth-order valence-electron chi connectivity index (χ4n) is 1.55. The Balaban J connectivity index is 2.19. The van der Waals surface area contributed by atoms with Gasteiger partial charge in [0, 0.05) is 19.6 Å². The number of halogens is 1. The van der Waals surface area contributed by atoms with Crippen LogP contribution in [0.4, 0.5) is 4.39 Å². The highest BCUT2D eigenvalue weighted by Gasteiger charge is 2.17. The van der Waals surface area contributed by atoms with E-state index in [1.807, 2.05) is 0 Å². The summed E-state index contributed by atoms with van der Waals surface area (Å²) in [5.41, 5.74) is -1.01. The molecule has 0 spiro atoms. The summed E-state index contributed by atoms with van der Waals surface area (Å²) in [7, 11) is 0. The lowest BCUT2D eigenvalue weighted by Crippen LogP contribution is -2.32. The van der Waals surface area contributed by atoms with E-state index in [-0.39, 0.29) is 0 Å². The lowest BCUT2D eigenvalue weighted by Gasteiger charge is -2.22. The summed E-state index contributed by atoms with van der Waals surface area (Å²) in [4.78, 5) is 2.35. The molecular formula is C10H21FN2. The van der Waals surface area contributed by atoms with Gasteiger partial charge in [-0.05, 0) is 39.8 Å². The molecule has 1 aliphatic rings. The maximum Gasteiger partial charge on any atom is 0.106 e. The Morgan fingerprint density at radius 3 is 2.77 bits per heavy atom. The van der Waals surface area contributed by atoms with Crippen LogP contribution in [0.3, 0.4) is 0 Å². The molecule has 2 nitrogen and oxygen atoms in total. The summed E-state index contributed by atoms with van der Waals surface area (Å²) in [5.74, 6) is 0. The summed E-state index contributed by atoms with van der Waals surface area (Å²) in [6.45, 7) is 8.54. The molecule has 1 N–H and O–H groups in total. The molecule has 0 aromatic carbocycles. The van der Waals surface area contributed by atoms with Crippen LogP contribution in [0.15, 0.2) is 0 Å². The van der Waals surface area contributed by atoms with E-state index >= 15 is 0 Å². The van der Waals surface area contributed by atoms with Gasteiger partial charge in [0.1, 0.15) is 5.67 Å². The van der Waals surface area contributed by atoms with E-state index in [9.17, 15) is 4.39 Å². The average molecular weight is 188 g/mol. The lowest BCUT2D eigenvalue weighted by atomic mass is 10.1. The summed E-state index contributed by atoms with van der Waals surface area (Å²) in [6.07, 6.45) is 1.83. The van der Waals surface area contributed by atoms with Crippen LogP contribution in [0.1, 0.15) is 26.7 Å². The van der Waals surface area contributed by atoms with Crippen molar-refractivity contribution >= 4 is 0 Å². The lowest BCUT2D eigenvalue weighted by molar-refractivity contribution is 0.164. The summed E-state index contributed by atoms with van der Waals surface area (Å²) in [6, 6.07) is 0. The van der Waals surface area contributed by atoms with Gasteiger partial charge in [0.25, 0.3) is 0 Å². The second kappa shape index (κ2) is 4.91.